The summed E-state index contributed by atoms with van der Waals surface area (Å²) in [6.45, 7) is 5.32. The molecule has 35 heavy (non-hydrogen) atoms. The number of aromatic amines is 1. The van der Waals surface area contributed by atoms with Crippen molar-refractivity contribution in [2.45, 2.75) is 32.4 Å². The van der Waals surface area contributed by atoms with E-state index in [4.69, 9.17) is 4.74 Å². The van der Waals surface area contributed by atoms with Gasteiger partial charge in [-0.3, -0.25) is 9.59 Å². The van der Waals surface area contributed by atoms with Crippen LogP contribution in [0.15, 0.2) is 90.1 Å². The molecule has 0 unspecified atom stereocenters. The van der Waals surface area contributed by atoms with Gasteiger partial charge in [0.1, 0.15) is 17.0 Å². The normalized spacial score (nSPS) is 11.3. The molecule has 2 aromatic heterocycles. The van der Waals surface area contributed by atoms with Crippen molar-refractivity contribution in [1.29, 1.82) is 0 Å². The Bertz CT molecular complexity index is 1350. The van der Waals surface area contributed by atoms with E-state index in [1.807, 2.05) is 60.7 Å². The van der Waals surface area contributed by atoms with Crippen LogP contribution in [0.25, 0.3) is 5.82 Å². The van der Waals surface area contributed by atoms with Crippen LogP contribution in [0.3, 0.4) is 0 Å². The maximum Gasteiger partial charge on any atom is 0.341 e. The van der Waals surface area contributed by atoms with E-state index in [0.29, 0.717) is 5.82 Å². The maximum atomic E-state index is 13.1. The number of aromatic nitrogens is 3. The molecule has 8 heteroatoms. The number of esters is 1. The summed E-state index contributed by atoms with van der Waals surface area (Å²) < 4.78 is 6.69. The molecule has 178 valence electrons. The number of rotatable bonds is 6. The summed E-state index contributed by atoms with van der Waals surface area (Å²) in [4.78, 5) is 41.1. The Morgan fingerprint density at radius 2 is 1.60 bits per heavy atom. The van der Waals surface area contributed by atoms with Gasteiger partial charge in [-0.05, 0) is 31.9 Å². The van der Waals surface area contributed by atoms with E-state index < -0.39 is 28.9 Å². The zero-order valence-corrected chi connectivity index (χ0v) is 19.7. The summed E-state index contributed by atoms with van der Waals surface area (Å²) >= 11 is 0. The Balaban J connectivity index is 1.56. The molecule has 2 N–H and O–H groups in total. The predicted molar refractivity (Wildman–Crippen MR) is 132 cm³/mol. The minimum absolute atomic E-state index is 0.0369. The molecule has 0 radical (unpaired) electrons. The van der Waals surface area contributed by atoms with Gasteiger partial charge in [0.15, 0.2) is 5.43 Å². The van der Waals surface area contributed by atoms with E-state index in [1.54, 1.807) is 20.8 Å². The van der Waals surface area contributed by atoms with Gasteiger partial charge in [0, 0.05) is 18.5 Å². The van der Waals surface area contributed by atoms with Crippen molar-refractivity contribution in [3.05, 3.63) is 118 Å². The molecule has 0 aliphatic heterocycles. The van der Waals surface area contributed by atoms with E-state index in [0.717, 1.165) is 11.1 Å². The first-order chi connectivity index (χ1) is 16.7. The number of carbonyl (C=O) groups is 2. The average molecular weight is 471 g/mol. The minimum Gasteiger partial charge on any atom is -0.456 e. The molecular formula is C27H26N4O4. The summed E-state index contributed by atoms with van der Waals surface area (Å²) in [6.07, 6.45) is 4.16. The number of pyridine rings is 1. The topological polar surface area (TPSA) is 106 Å². The van der Waals surface area contributed by atoms with Crippen molar-refractivity contribution in [2.24, 2.45) is 0 Å². The molecular weight excluding hydrogens is 444 g/mol. The second-order valence-corrected chi connectivity index (χ2v) is 9.00. The molecule has 0 aliphatic carbocycles. The van der Waals surface area contributed by atoms with E-state index in [1.165, 1.54) is 29.3 Å². The third-order valence-corrected chi connectivity index (χ3v) is 5.15. The SMILES string of the molecule is CC(C)(C)OC(=O)c1cnn(-c2cc(=O)c(C(=O)NC(c3ccccc3)c3ccccc3)c[nH]2)c1. The fraction of sp³-hybridized carbons (Fsp3) is 0.185. The molecule has 0 atom stereocenters. The molecule has 1 amide bonds. The fourth-order valence-electron chi connectivity index (χ4n) is 3.53. The van der Waals surface area contributed by atoms with Gasteiger partial charge < -0.3 is 15.0 Å². The Kier molecular flexibility index (Phi) is 6.64. The molecule has 0 fully saturated rings. The third kappa shape index (κ3) is 5.73. The highest BCUT2D eigenvalue weighted by molar-refractivity contribution is 5.94. The summed E-state index contributed by atoms with van der Waals surface area (Å²) in [7, 11) is 0. The number of carbonyl (C=O) groups excluding carboxylic acids is 2. The van der Waals surface area contributed by atoms with Crippen LogP contribution in [0.1, 0.15) is 58.7 Å². The van der Waals surface area contributed by atoms with Gasteiger partial charge in [0.2, 0.25) is 0 Å². The van der Waals surface area contributed by atoms with Gasteiger partial charge in [-0.25, -0.2) is 9.48 Å². The largest absolute Gasteiger partial charge is 0.456 e. The number of hydrogen-bond donors (Lipinski definition) is 2. The van der Waals surface area contributed by atoms with Crippen molar-refractivity contribution < 1.29 is 14.3 Å². The smallest absolute Gasteiger partial charge is 0.341 e. The van der Waals surface area contributed by atoms with Crippen molar-refractivity contribution in [1.82, 2.24) is 20.1 Å². The first kappa shape index (κ1) is 23.7. The van der Waals surface area contributed by atoms with Crippen molar-refractivity contribution >= 4 is 11.9 Å². The zero-order chi connectivity index (χ0) is 25.0. The second kappa shape index (κ2) is 9.80. The highest BCUT2D eigenvalue weighted by Crippen LogP contribution is 2.22. The van der Waals surface area contributed by atoms with Gasteiger partial charge >= 0.3 is 5.97 Å². The van der Waals surface area contributed by atoms with Gasteiger partial charge in [-0.15, -0.1) is 0 Å². The van der Waals surface area contributed by atoms with Crippen LogP contribution < -0.4 is 10.7 Å². The van der Waals surface area contributed by atoms with Gasteiger partial charge in [-0.1, -0.05) is 60.7 Å². The molecule has 0 saturated heterocycles. The summed E-state index contributed by atoms with van der Waals surface area (Å²) in [5, 5.41) is 7.09. The second-order valence-electron chi connectivity index (χ2n) is 9.00. The number of hydrogen-bond acceptors (Lipinski definition) is 5. The van der Waals surface area contributed by atoms with Crippen LogP contribution >= 0.6 is 0 Å². The minimum atomic E-state index is -0.639. The molecule has 8 nitrogen and oxygen atoms in total. The van der Waals surface area contributed by atoms with Crippen molar-refractivity contribution in [3.63, 3.8) is 0 Å². The lowest BCUT2D eigenvalue weighted by atomic mass is 9.98. The quantitative estimate of drug-likeness (QED) is 0.414. The lowest BCUT2D eigenvalue weighted by Gasteiger charge is -2.20. The molecule has 2 aromatic carbocycles. The summed E-state index contributed by atoms with van der Waals surface area (Å²) in [6, 6.07) is 19.9. The van der Waals surface area contributed by atoms with Crippen LogP contribution in [0.2, 0.25) is 0 Å². The van der Waals surface area contributed by atoms with E-state index in [2.05, 4.69) is 15.4 Å². The maximum absolute atomic E-state index is 13.1. The molecule has 4 aromatic rings. The summed E-state index contributed by atoms with van der Waals surface area (Å²) in [5.74, 6) is -0.718. The number of nitrogens with zero attached hydrogens (tertiary/aromatic N) is 2. The van der Waals surface area contributed by atoms with Gasteiger partial charge in [0.25, 0.3) is 5.91 Å². The zero-order valence-electron chi connectivity index (χ0n) is 19.7. The van der Waals surface area contributed by atoms with Crippen LogP contribution in [0.5, 0.6) is 0 Å². The van der Waals surface area contributed by atoms with Crippen molar-refractivity contribution in [3.8, 4) is 5.82 Å². The highest BCUT2D eigenvalue weighted by atomic mass is 16.6. The molecule has 0 aliphatic rings. The van der Waals surface area contributed by atoms with E-state index in [9.17, 15) is 14.4 Å². The van der Waals surface area contributed by atoms with Crippen LogP contribution in [0.4, 0.5) is 0 Å². The number of ether oxygens (including phenoxy) is 1. The molecule has 4 rings (SSSR count). The van der Waals surface area contributed by atoms with E-state index >= 15 is 0 Å². The number of amides is 1. The van der Waals surface area contributed by atoms with E-state index in [-0.39, 0.29) is 11.1 Å². The lowest BCUT2D eigenvalue weighted by molar-refractivity contribution is 0.00694. The molecule has 0 bridgehead atoms. The van der Waals surface area contributed by atoms with Crippen molar-refractivity contribution in [2.75, 3.05) is 0 Å². The molecule has 0 saturated carbocycles. The summed E-state index contributed by atoms with van der Waals surface area (Å²) in [5.41, 5.74) is 0.879. The van der Waals surface area contributed by atoms with Crippen LogP contribution in [-0.2, 0) is 4.74 Å². The number of nitrogens with one attached hydrogen (secondary N) is 2. The predicted octanol–water partition coefficient (Wildman–Crippen LogP) is 4.04. The standard InChI is InChI=1S/C27H26N4O4/c1-27(2,3)35-26(34)20-15-29-31(17-20)23-14-22(32)21(16-28-23)25(33)30-24(18-10-6-4-7-11-18)19-12-8-5-9-13-19/h4-17,24H,1-3H3,(H,28,32)(H,30,33). The Morgan fingerprint density at radius 3 is 2.14 bits per heavy atom. The Morgan fingerprint density at radius 1 is 1.00 bits per heavy atom. The fourth-order valence-corrected chi connectivity index (χ4v) is 3.53. The highest BCUT2D eigenvalue weighted by Gasteiger charge is 2.21. The first-order valence-corrected chi connectivity index (χ1v) is 11.1. The number of benzene rings is 2. The monoisotopic (exact) mass is 470 g/mol. The Labute approximate surface area is 202 Å². The average Bonchev–Trinajstić information content (AvgIpc) is 3.33. The van der Waals surface area contributed by atoms with Crippen LogP contribution in [0, 0.1) is 0 Å². The molecule has 2 heterocycles. The van der Waals surface area contributed by atoms with Gasteiger partial charge in [-0.2, -0.15) is 5.10 Å². The first-order valence-electron chi connectivity index (χ1n) is 11.1. The Hall–Kier alpha value is -4.46. The van der Waals surface area contributed by atoms with Crippen LogP contribution in [-0.4, -0.2) is 32.2 Å². The third-order valence-electron chi connectivity index (χ3n) is 5.15. The lowest BCUT2D eigenvalue weighted by Crippen LogP contribution is -2.33. The molecule has 0 spiro atoms. The van der Waals surface area contributed by atoms with Gasteiger partial charge in [0.05, 0.1) is 17.8 Å². The number of H-pyrrole nitrogens is 1.